The van der Waals surface area contributed by atoms with Crippen LogP contribution in [-0.4, -0.2) is 47.7 Å². The molecule has 1 rings (SSSR count). The number of nitrogens with zero attached hydrogens (tertiary/aromatic N) is 1. The zero-order chi connectivity index (χ0) is 10.8. The zero-order valence-corrected chi connectivity index (χ0v) is 9.21. The van der Waals surface area contributed by atoms with E-state index in [1.807, 2.05) is 14.0 Å². The number of aliphatic carboxylic acids is 1. The Morgan fingerprint density at radius 1 is 1.71 bits per heavy atom. The predicted molar refractivity (Wildman–Crippen MR) is 55.4 cm³/mol. The number of hydrogen-bond donors (Lipinski definition) is 2. The molecule has 0 aromatic carbocycles. The summed E-state index contributed by atoms with van der Waals surface area (Å²) in [6, 6.07) is 0.262. The number of likely N-dealkylation sites (tertiary alicyclic amines) is 1. The SMILES string of the molecule is CCC(C)NC1(C(=O)O)CCN(C)C1. The standard InChI is InChI=1S/C10H20N2O2/c1-4-8(2)11-10(9(13)14)5-6-12(3)7-10/h8,11H,4-7H2,1-3H3,(H,13,14). The largest absolute Gasteiger partial charge is 0.480 e. The second kappa shape index (κ2) is 4.28. The molecule has 0 spiro atoms. The van der Waals surface area contributed by atoms with Gasteiger partial charge >= 0.3 is 5.97 Å². The monoisotopic (exact) mass is 200 g/mol. The fraction of sp³-hybridized carbons (Fsp3) is 0.900. The summed E-state index contributed by atoms with van der Waals surface area (Å²) in [5, 5.41) is 12.5. The fourth-order valence-electron chi connectivity index (χ4n) is 1.93. The van der Waals surface area contributed by atoms with Crippen LogP contribution in [0, 0.1) is 0 Å². The Bertz CT molecular complexity index is 220. The van der Waals surface area contributed by atoms with Gasteiger partial charge < -0.3 is 10.0 Å². The molecule has 1 saturated heterocycles. The zero-order valence-electron chi connectivity index (χ0n) is 9.21. The lowest BCUT2D eigenvalue weighted by molar-refractivity contribution is -0.144. The van der Waals surface area contributed by atoms with E-state index in [-0.39, 0.29) is 6.04 Å². The maximum Gasteiger partial charge on any atom is 0.325 e. The lowest BCUT2D eigenvalue weighted by Gasteiger charge is -2.29. The summed E-state index contributed by atoms with van der Waals surface area (Å²) in [4.78, 5) is 13.3. The van der Waals surface area contributed by atoms with E-state index >= 15 is 0 Å². The maximum atomic E-state index is 11.2. The Kier molecular flexibility index (Phi) is 3.50. The molecule has 4 nitrogen and oxygen atoms in total. The predicted octanol–water partition coefficient (Wildman–Crippen LogP) is 0.533. The fourth-order valence-corrected chi connectivity index (χ4v) is 1.93. The Labute approximate surface area is 85.3 Å². The highest BCUT2D eigenvalue weighted by atomic mass is 16.4. The van der Waals surface area contributed by atoms with E-state index in [0.29, 0.717) is 13.0 Å². The third kappa shape index (κ3) is 2.25. The average molecular weight is 200 g/mol. The number of carboxylic acid groups (broad SMARTS) is 1. The van der Waals surface area contributed by atoms with Crippen molar-refractivity contribution in [1.29, 1.82) is 0 Å². The minimum atomic E-state index is -0.720. The summed E-state index contributed by atoms with van der Waals surface area (Å²) in [6.07, 6.45) is 1.65. The molecule has 0 aromatic heterocycles. The van der Waals surface area contributed by atoms with Crippen LogP contribution in [0.3, 0.4) is 0 Å². The van der Waals surface area contributed by atoms with Crippen molar-refractivity contribution in [2.75, 3.05) is 20.1 Å². The topological polar surface area (TPSA) is 52.6 Å². The van der Waals surface area contributed by atoms with Gasteiger partial charge in [-0.1, -0.05) is 6.92 Å². The summed E-state index contributed by atoms with van der Waals surface area (Å²) in [6.45, 7) is 5.55. The molecule has 2 N–H and O–H groups in total. The molecule has 0 saturated carbocycles. The maximum absolute atomic E-state index is 11.2. The van der Waals surface area contributed by atoms with Crippen LogP contribution in [0.25, 0.3) is 0 Å². The van der Waals surface area contributed by atoms with E-state index in [1.165, 1.54) is 0 Å². The molecular weight excluding hydrogens is 180 g/mol. The number of hydrogen-bond acceptors (Lipinski definition) is 3. The molecule has 2 unspecified atom stereocenters. The van der Waals surface area contributed by atoms with Gasteiger partial charge in [0.25, 0.3) is 0 Å². The molecule has 0 aromatic rings. The van der Waals surface area contributed by atoms with Crippen molar-refractivity contribution in [3.63, 3.8) is 0 Å². The van der Waals surface area contributed by atoms with Gasteiger partial charge in [0.15, 0.2) is 0 Å². The summed E-state index contributed by atoms with van der Waals surface area (Å²) < 4.78 is 0. The van der Waals surface area contributed by atoms with Crippen LogP contribution in [-0.2, 0) is 4.79 Å². The smallest absolute Gasteiger partial charge is 0.325 e. The van der Waals surface area contributed by atoms with Crippen molar-refractivity contribution in [1.82, 2.24) is 10.2 Å². The molecule has 1 heterocycles. The highest BCUT2D eigenvalue weighted by Crippen LogP contribution is 2.21. The number of carbonyl (C=O) groups is 1. The van der Waals surface area contributed by atoms with Gasteiger partial charge in [0.2, 0.25) is 0 Å². The van der Waals surface area contributed by atoms with Crippen molar-refractivity contribution >= 4 is 5.97 Å². The van der Waals surface area contributed by atoms with Crippen LogP contribution in [0.4, 0.5) is 0 Å². The summed E-state index contributed by atoms with van der Waals surface area (Å²) in [5.41, 5.74) is -0.718. The second-order valence-electron chi connectivity index (χ2n) is 4.33. The minimum absolute atomic E-state index is 0.262. The Hall–Kier alpha value is -0.610. The van der Waals surface area contributed by atoms with Crippen LogP contribution >= 0.6 is 0 Å². The molecule has 1 fully saturated rings. The van der Waals surface area contributed by atoms with Crippen LogP contribution in [0.5, 0.6) is 0 Å². The first kappa shape index (κ1) is 11.5. The molecule has 4 heteroatoms. The lowest BCUT2D eigenvalue weighted by atomic mass is 9.97. The van der Waals surface area contributed by atoms with E-state index in [4.69, 9.17) is 0 Å². The van der Waals surface area contributed by atoms with Gasteiger partial charge in [-0.15, -0.1) is 0 Å². The van der Waals surface area contributed by atoms with Crippen molar-refractivity contribution in [3.05, 3.63) is 0 Å². The summed E-state index contributed by atoms with van der Waals surface area (Å²) >= 11 is 0. The number of rotatable bonds is 4. The van der Waals surface area contributed by atoms with E-state index in [2.05, 4.69) is 17.1 Å². The Morgan fingerprint density at radius 2 is 2.36 bits per heavy atom. The van der Waals surface area contributed by atoms with Gasteiger partial charge in [0.1, 0.15) is 5.54 Å². The van der Waals surface area contributed by atoms with Crippen LogP contribution in [0.15, 0.2) is 0 Å². The number of carboxylic acids is 1. The van der Waals surface area contributed by atoms with Crippen molar-refractivity contribution in [3.8, 4) is 0 Å². The molecule has 0 radical (unpaired) electrons. The molecule has 82 valence electrons. The van der Waals surface area contributed by atoms with Gasteiger partial charge in [-0.25, -0.2) is 0 Å². The summed E-state index contributed by atoms with van der Waals surface area (Å²) in [5.74, 6) is -0.720. The van der Waals surface area contributed by atoms with Crippen molar-refractivity contribution < 1.29 is 9.90 Å². The lowest BCUT2D eigenvalue weighted by Crippen LogP contribution is -2.56. The Morgan fingerprint density at radius 3 is 2.71 bits per heavy atom. The van der Waals surface area contributed by atoms with Gasteiger partial charge in [-0.05, 0) is 26.8 Å². The first-order valence-electron chi connectivity index (χ1n) is 5.20. The third-order valence-corrected chi connectivity index (χ3v) is 3.00. The average Bonchev–Trinajstić information content (AvgIpc) is 2.48. The summed E-state index contributed by atoms with van der Waals surface area (Å²) in [7, 11) is 1.96. The Balaban J connectivity index is 2.68. The molecule has 0 aliphatic carbocycles. The van der Waals surface area contributed by atoms with Gasteiger partial charge in [0.05, 0.1) is 0 Å². The number of nitrogens with one attached hydrogen (secondary N) is 1. The number of likely N-dealkylation sites (N-methyl/N-ethyl adjacent to an activating group) is 1. The van der Waals surface area contributed by atoms with Crippen LogP contribution in [0.2, 0.25) is 0 Å². The minimum Gasteiger partial charge on any atom is -0.480 e. The van der Waals surface area contributed by atoms with Crippen molar-refractivity contribution in [2.45, 2.75) is 38.3 Å². The highest BCUT2D eigenvalue weighted by molar-refractivity contribution is 5.79. The van der Waals surface area contributed by atoms with Gasteiger partial charge in [-0.3, -0.25) is 10.1 Å². The first-order valence-corrected chi connectivity index (χ1v) is 5.20. The van der Waals surface area contributed by atoms with Crippen LogP contribution in [0.1, 0.15) is 26.7 Å². The van der Waals surface area contributed by atoms with E-state index < -0.39 is 11.5 Å². The molecule has 1 aliphatic heterocycles. The third-order valence-electron chi connectivity index (χ3n) is 3.00. The molecule has 1 aliphatic rings. The highest BCUT2D eigenvalue weighted by Gasteiger charge is 2.44. The molecule has 2 atom stereocenters. The van der Waals surface area contributed by atoms with Gasteiger partial charge in [-0.2, -0.15) is 0 Å². The molecule has 0 amide bonds. The first-order chi connectivity index (χ1) is 6.50. The molecule has 14 heavy (non-hydrogen) atoms. The van der Waals surface area contributed by atoms with Crippen molar-refractivity contribution in [2.24, 2.45) is 0 Å². The van der Waals surface area contributed by atoms with E-state index in [1.54, 1.807) is 0 Å². The second-order valence-corrected chi connectivity index (χ2v) is 4.33. The molecule has 0 bridgehead atoms. The normalized spacial score (nSPS) is 30.5. The van der Waals surface area contributed by atoms with Crippen LogP contribution < -0.4 is 5.32 Å². The van der Waals surface area contributed by atoms with Gasteiger partial charge in [0, 0.05) is 19.1 Å². The molecular formula is C10H20N2O2. The van der Waals surface area contributed by atoms with E-state index in [9.17, 15) is 9.90 Å². The van der Waals surface area contributed by atoms with E-state index in [0.717, 1.165) is 13.0 Å². The quantitative estimate of drug-likeness (QED) is 0.695.